The molecule has 0 aliphatic carbocycles. The fourth-order valence-electron chi connectivity index (χ4n) is 1.88. The molecule has 0 radical (unpaired) electrons. The van der Waals surface area contributed by atoms with Crippen LogP contribution in [0.4, 0.5) is 10.1 Å². The first-order valence-electron chi connectivity index (χ1n) is 4.70. The van der Waals surface area contributed by atoms with Gasteiger partial charge >= 0.3 is 0 Å². The van der Waals surface area contributed by atoms with E-state index < -0.39 is 0 Å². The van der Waals surface area contributed by atoms with Gasteiger partial charge in [0, 0.05) is 17.8 Å². The van der Waals surface area contributed by atoms with Crippen molar-refractivity contribution in [1.82, 2.24) is 0 Å². The van der Waals surface area contributed by atoms with Crippen molar-refractivity contribution < 1.29 is 4.39 Å². The molecule has 1 N–H and O–H groups in total. The molecule has 1 aliphatic rings. The maximum Gasteiger partial charge on any atom is 0.128 e. The molecule has 0 saturated carbocycles. The minimum absolute atomic E-state index is 0.110. The molecule has 1 aromatic rings. The summed E-state index contributed by atoms with van der Waals surface area (Å²) in [4.78, 5) is 0. The van der Waals surface area contributed by atoms with Gasteiger partial charge in [-0.15, -0.1) is 0 Å². The largest absolute Gasteiger partial charge is 0.384 e. The fourth-order valence-corrected chi connectivity index (χ4v) is 1.88. The molecule has 2 heteroatoms. The molecule has 0 fully saturated rings. The smallest absolute Gasteiger partial charge is 0.128 e. The first kappa shape index (κ1) is 8.54. The molecule has 1 unspecified atom stereocenters. The van der Waals surface area contributed by atoms with E-state index in [9.17, 15) is 4.39 Å². The van der Waals surface area contributed by atoms with Crippen LogP contribution in [0.5, 0.6) is 0 Å². The van der Waals surface area contributed by atoms with Crippen LogP contribution in [0.2, 0.25) is 0 Å². The van der Waals surface area contributed by atoms with Gasteiger partial charge in [-0.2, -0.15) is 0 Å². The Morgan fingerprint density at radius 3 is 3.00 bits per heavy atom. The van der Waals surface area contributed by atoms with Gasteiger partial charge in [0.15, 0.2) is 0 Å². The van der Waals surface area contributed by atoms with Gasteiger partial charge in [-0.1, -0.05) is 13.0 Å². The zero-order valence-corrected chi connectivity index (χ0v) is 8.02. The molecular formula is C11H14FN. The zero-order chi connectivity index (χ0) is 9.42. The van der Waals surface area contributed by atoms with Gasteiger partial charge in [-0.05, 0) is 30.9 Å². The Hall–Kier alpha value is -1.05. The van der Waals surface area contributed by atoms with Gasteiger partial charge < -0.3 is 5.32 Å². The zero-order valence-electron chi connectivity index (χ0n) is 8.02. The summed E-state index contributed by atoms with van der Waals surface area (Å²) in [5.41, 5.74) is 3.01. The summed E-state index contributed by atoms with van der Waals surface area (Å²) >= 11 is 0. The Bertz CT molecular complexity index is 333. The number of anilines is 1. The number of benzene rings is 1. The normalized spacial score (nSPS) is 20.7. The van der Waals surface area contributed by atoms with Crippen LogP contribution >= 0.6 is 0 Å². The minimum Gasteiger partial charge on any atom is -0.384 e. The van der Waals surface area contributed by atoms with Crippen molar-refractivity contribution in [2.75, 3.05) is 11.9 Å². The molecule has 70 valence electrons. The molecule has 0 amide bonds. The van der Waals surface area contributed by atoms with Crippen molar-refractivity contribution >= 4 is 5.69 Å². The maximum atomic E-state index is 13.2. The van der Waals surface area contributed by atoms with E-state index in [1.807, 2.05) is 13.0 Å². The summed E-state index contributed by atoms with van der Waals surface area (Å²) in [6.45, 7) is 4.99. The van der Waals surface area contributed by atoms with Gasteiger partial charge in [0.1, 0.15) is 5.82 Å². The average Bonchev–Trinajstić information content (AvgIpc) is 2.12. The summed E-state index contributed by atoms with van der Waals surface area (Å²) in [5.74, 6) is 0.540. The van der Waals surface area contributed by atoms with Crippen molar-refractivity contribution in [3.05, 3.63) is 29.1 Å². The predicted octanol–water partition coefficient (Wildman–Crippen LogP) is 2.74. The number of nitrogens with one attached hydrogen (secondary N) is 1. The van der Waals surface area contributed by atoms with Crippen LogP contribution in [0.15, 0.2) is 12.1 Å². The molecule has 0 spiro atoms. The molecule has 1 heterocycles. The monoisotopic (exact) mass is 179 g/mol. The van der Waals surface area contributed by atoms with Crippen LogP contribution < -0.4 is 5.32 Å². The number of rotatable bonds is 0. The SMILES string of the molecule is Cc1c(F)ccc2c1NCC(C)C2. The highest BCUT2D eigenvalue weighted by Gasteiger charge is 2.17. The topological polar surface area (TPSA) is 12.0 Å². The Balaban J connectivity index is 2.47. The van der Waals surface area contributed by atoms with E-state index >= 15 is 0 Å². The highest BCUT2D eigenvalue weighted by molar-refractivity contribution is 5.59. The van der Waals surface area contributed by atoms with E-state index in [2.05, 4.69) is 12.2 Å². The summed E-state index contributed by atoms with van der Waals surface area (Å²) in [5, 5.41) is 3.28. The Morgan fingerprint density at radius 1 is 1.46 bits per heavy atom. The molecule has 1 aliphatic heterocycles. The lowest BCUT2D eigenvalue weighted by molar-refractivity contribution is 0.582. The van der Waals surface area contributed by atoms with Crippen molar-refractivity contribution in [1.29, 1.82) is 0 Å². The van der Waals surface area contributed by atoms with E-state index in [1.165, 1.54) is 5.56 Å². The van der Waals surface area contributed by atoms with E-state index in [1.54, 1.807) is 6.07 Å². The van der Waals surface area contributed by atoms with Gasteiger partial charge in [0.05, 0.1) is 0 Å². The van der Waals surface area contributed by atoms with Gasteiger partial charge in [-0.25, -0.2) is 4.39 Å². The van der Waals surface area contributed by atoms with Gasteiger partial charge in [-0.3, -0.25) is 0 Å². The van der Waals surface area contributed by atoms with Crippen LogP contribution in [-0.4, -0.2) is 6.54 Å². The molecule has 1 aromatic carbocycles. The molecule has 0 bridgehead atoms. The summed E-state index contributed by atoms with van der Waals surface area (Å²) in [6, 6.07) is 3.45. The number of fused-ring (bicyclic) bond motifs is 1. The molecular weight excluding hydrogens is 165 g/mol. The van der Waals surface area contributed by atoms with E-state index in [0.717, 1.165) is 24.2 Å². The third-order valence-electron chi connectivity index (χ3n) is 2.68. The molecule has 1 atom stereocenters. The lowest BCUT2D eigenvalue weighted by Gasteiger charge is -2.25. The number of hydrogen-bond acceptors (Lipinski definition) is 1. The van der Waals surface area contributed by atoms with Crippen molar-refractivity contribution in [2.45, 2.75) is 20.3 Å². The number of halogens is 1. The quantitative estimate of drug-likeness (QED) is 0.645. The van der Waals surface area contributed by atoms with Crippen molar-refractivity contribution in [3.8, 4) is 0 Å². The van der Waals surface area contributed by atoms with E-state index in [4.69, 9.17) is 0 Å². The third kappa shape index (κ3) is 1.41. The predicted molar refractivity (Wildman–Crippen MR) is 52.5 cm³/mol. The number of hydrogen-bond donors (Lipinski definition) is 1. The summed E-state index contributed by atoms with van der Waals surface area (Å²) in [6.07, 6.45) is 1.06. The molecule has 2 rings (SSSR count). The molecule has 0 aromatic heterocycles. The fraction of sp³-hybridized carbons (Fsp3) is 0.455. The highest BCUT2D eigenvalue weighted by Crippen LogP contribution is 2.29. The average molecular weight is 179 g/mol. The van der Waals surface area contributed by atoms with Crippen LogP contribution in [-0.2, 0) is 6.42 Å². The van der Waals surface area contributed by atoms with E-state index in [0.29, 0.717) is 5.92 Å². The van der Waals surface area contributed by atoms with Gasteiger partial charge in [0.2, 0.25) is 0 Å². The lowest BCUT2D eigenvalue weighted by Crippen LogP contribution is -2.21. The maximum absolute atomic E-state index is 13.2. The van der Waals surface area contributed by atoms with Crippen LogP contribution in [0.25, 0.3) is 0 Å². The second-order valence-electron chi connectivity index (χ2n) is 3.90. The first-order chi connectivity index (χ1) is 6.18. The van der Waals surface area contributed by atoms with Crippen LogP contribution in [0.3, 0.4) is 0 Å². The first-order valence-corrected chi connectivity index (χ1v) is 4.70. The van der Waals surface area contributed by atoms with Crippen molar-refractivity contribution in [2.24, 2.45) is 5.92 Å². The Morgan fingerprint density at radius 2 is 2.23 bits per heavy atom. The Kier molecular flexibility index (Phi) is 1.98. The van der Waals surface area contributed by atoms with E-state index in [-0.39, 0.29) is 5.82 Å². The van der Waals surface area contributed by atoms with Crippen LogP contribution in [0, 0.1) is 18.7 Å². The second-order valence-corrected chi connectivity index (χ2v) is 3.90. The van der Waals surface area contributed by atoms with Crippen LogP contribution in [0.1, 0.15) is 18.1 Å². The molecule has 0 saturated heterocycles. The Labute approximate surface area is 78.0 Å². The summed E-state index contributed by atoms with van der Waals surface area (Å²) in [7, 11) is 0. The second kappa shape index (κ2) is 3.02. The summed E-state index contributed by atoms with van der Waals surface area (Å²) < 4.78 is 13.2. The highest BCUT2D eigenvalue weighted by atomic mass is 19.1. The lowest BCUT2D eigenvalue weighted by atomic mass is 9.93. The minimum atomic E-state index is -0.110. The standard InChI is InChI=1S/C11H14FN/c1-7-5-9-3-4-10(12)8(2)11(9)13-6-7/h3-4,7,13H,5-6H2,1-2H3. The van der Waals surface area contributed by atoms with Crippen molar-refractivity contribution in [3.63, 3.8) is 0 Å². The van der Waals surface area contributed by atoms with Gasteiger partial charge in [0.25, 0.3) is 0 Å². The third-order valence-corrected chi connectivity index (χ3v) is 2.68. The molecule has 13 heavy (non-hydrogen) atoms. The molecule has 1 nitrogen and oxygen atoms in total.